The summed E-state index contributed by atoms with van der Waals surface area (Å²) in [4.78, 5) is 10.2. The number of phenolic OH excluding ortho intramolecular Hbond substituents is 1. The smallest absolute Gasteiger partial charge is 0.288 e. The summed E-state index contributed by atoms with van der Waals surface area (Å²) in [6.45, 7) is 1.92. The van der Waals surface area contributed by atoms with Crippen LogP contribution in [-0.2, 0) is 0 Å². The molecule has 0 radical (unpaired) electrons. The largest absolute Gasteiger partial charge is 0.508 e. The van der Waals surface area contributed by atoms with E-state index in [9.17, 15) is 15.2 Å². The van der Waals surface area contributed by atoms with E-state index in [1.807, 2.05) is 13.0 Å². The zero-order valence-corrected chi connectivity index (χ0v) is 11.5. The highest BCUT2D eigenvalue weighted by molar-refractivity contribution is 6.32. The number of nitro benzene ring substituents is 1. The quantitative estimate of drug-likeness (QED) is 0.656. The highest BCUT2D eigenvalue weighted by Gasteiger charge is 2.13. The molecule has 1 atom stereocenters. The first-order valence-corrected chi connectivity index (χ1v) is 6.34. The van der Waals surface area contributed by atoms with Gasteiger partial charge >= 0.3 is 0 Å². The summed E-state index contributed by atoms with van der Waals surface area (Å²) < 4.78 is 0. The van der Waals surface area contributed by atoms with Gasteiger partial charge in [0.05, 0.1) is 4.92 Å². The van der Waals surface area contributed by atoms with Crippen LogP contribution in [0, 0.1) is 10.1 Å². The Morgan fingerprint density at radius 1 is 1.30 bits per heavy atom. The monoisotopic (exact) mass is 292 g/mol. The summed E-state index contributed by atoms with van der Waals surface area (Å²) in [6.07, 6.45) is 0. The van der Waals surface area contributed by atoms with Crippen molar-refractivity contribution in [2.24, 2.45) is 0 Å². The first kappa shape index (κ1) is 14.1. The minimum atomic E-state index is -0.523. The van der Waals surface area contributed by atoms with E-state index >= 15 is 0 Å². The van der Waals surface area contributed by atoms with Crippen molar-refractivity contribution >= 4 is 23.0 Å². The lowest BCUT2D eigenvalue weighted by Crippen LogP contribution is -2.06. The van der Waals surface area contributed by atoms with Crippen molar-refractivity contribution in [3.05, 3.63) is 63.2 Å². The van der Waals surface area contributed by atoms with Crippen LogP contribution >= 0.6 is 11.6 Å². The lowest BCUT2D eigenvalue weighted by molar-refractivity contribution is -0.384. The summed E-state index contributed by atoms with van der Waals surface area (Å²) in [5.41, 5.74) is 1.46. The number of nitro groups is 1. The first-order valence-electron chi connectivity index (χ1n) is 5.97. The van der Waals surface area contributed by atoms with Gasteiger partial charge in [-0.2, -0.15) is 0 Å². The van der Waals surface area contributed by atoms with Crippen LogP contribution in [0.3, 0.4) is 0 Å². The first-order chi connectivity index (χ1) is 9.47. The molecule has 0 spiro atoms. The summed E-state index contributed by atoms with van der Waals surface area (Å²) in [5.74, 6) is 0.192. The van der Waals surface area contributed by atoms with Gasteiger partial charge in [-0.25, -0.2) is 0 Å². The van der Waals surface area contributed by atoms with E-state index < -0.39 is 4.92 Å². The number of nitrogens with one attached hydrogen (secondary N) is 1. The molecule has 0 amide bonds. The van der Waals surface area contributed by atoms with Crippen LogP contribution in [0.5, 0.6) is 5.75 Å². The van der Waals surface area contributed by atoms with Gasteiger partial charge in [-0.15, -0.1) is 0 Å². The van der Waals surface area contributed by atoms with Crippen LogP contribution in [0.15, 0.2) is 42.5 Å². The van der Waals surface area contributed by atoms with Crippen molar-refractivity contribution < 1.29 is 10.0 Å². The van der Waals surface area contributed by atoms with Crippen molar-refractivity contribution in [1.29, 1.82) is 0 Å². The molecule has 6 heteroatoms. The fraction of sp³-hybridized carbons (Fsp3) is 0.143. The molecule has 5 nitrogen and oxygen atoms in total. The third kappa shape index (κ3) is 3.19. The van der Waals surface area contributed by atoms with Gasteiger partial charge in [-0.1, -0.05) is 23.7 Å². The van der Waals surface area contributed by atoms with Gasteiger partial charge in [0.15, 0.2) is 0 Å². The molecule has 1 unspecified atom stereocenters. The van der Waals surface area contributed by atoms with Crippen LogP contribution in [0.4, 0.5) is 11.4 Å². The number of halogens is 1. The summed E-state index contributed by atoms with van der Waals surface area (Å²) in [7, 11) is 0. The molecule has 0 saturated heterocycles. The Morgan fingerprint density at radius 3 is 2.65 bits per heavy atom. The number of rotatable bonds is 4. The molecule has 0 heterocycles. The molecule has 0 fully saturated rings. The third-order valence-electron chi connectivity index (χ3n) is 2.90. The second kappa shape index (κ2) is 5.79. The van der Waals surface area contributed by atoms with E-state index in [1.54, 1.807) is 24.3 Å². The molecule has 0 aliphatic heterocycles. The second-order valence-electron chi connectivity index (χ2n) is 4.38. The van der Waals surface area contributed by atoms with E-state index in [0.717, 1.165) is 5.56 Å². The predicted molar refractivity (Wildman–Crippen MR) is 78.3 cm³/mol. The highest BCUT2D eigenvalue weighted by atomic mass is 35.5. The fourth-order valence-electron chi connectivity index (χ4n) is 1.87. The molecule has 0 bridgehead atoms. The van der Waals surface area contributed by atoms with Crippen molar-refractivity contribution in [3.8, 4) is 5.75 Å². The zero-order chi connectivity index (χ0) is 14.7. The Labute approximate surface area is 121 Å². The standard InChI is InChI=1S/C14H13ClN2O3/c1-9(10-3-2-4-12(18)7-10)16-11-5-6-14(17(19)20)13(15)8-11/h2-9,16,18H,1H3. The normalized spacial score (nSPS) is 11.9. The molecule has 0 aliphatic rings. The summed E-state index contributed by atoms with van der Waals surface area (Å²) >= 11 is 5.86. The molecule has 104 valence electrons. The number of hydrogen-bond donors (Lipinski definition) is 2. The minimum absolute atomic E-state index is 0.0698. The number of hydrogen-bond acceptors (Lipinski definition) is 4. The lowest BCUT2D eigenvalue weighted by atomic mass is 10.1. The van der Waals surface area contributed by atoms with Gasteiger partial charge < -0.3 is 10.4 Å². The number of nitrogens with zero attached hydrogens (tertiary/aromatic N) is 1. The van der Waals surface area contributed by atoms with Crippen molar-refractivity contribution in [2.75, 3.05) is 5.32 Å². The maximum atomic E-state index is 10.7. The Kier molecular flexibility index (Phi) is 4.10. The predicted octanol–water partition coefficient (Wildman–Crippen LogP) is 4.13. The molecule has 0 aliphatic carbocycles. The maximum absolute atomic E-state index is 10.7. The average Bonchev–Trinajstić information content (AvgIpc) is 2.38. The number of aromatic hydroxyl groups is 1. The molecule has 2 aromatic rings. The van der Waals surface area contributed by atoms with Gasteiger partial charge in [-0.05, 0) is 36.8 Å². The molecule has 0 saturated carbocycles. The topological polar surface area (TPSA) is 75.4 Å². The lowest BCUT2D eigenvalue weighted by Gasteiger charge is -2.16. The Hall–Kier alpha value is -2.27. The molecule has 20 heavy (non-hydrogen) atoms. The van der Waals surface area contributed by atoms with Crippen LogP contribution in [0.25, 0.3) is 0 Å². The van der Waals surface area contributed by atoms with Gasteiger partial charge in [0.2, 0.25) is 0 Å². The van der Waals surface area contributed by atoms with Crippen LogP contribution in [0.1, 0.15) is 18.5 Å². The number of anilines is 1. The van der Waals surface area contributed by atoms with E-state index in [2.05, 4.69) is 5.32 Å². The number of phenols is 1. The second-order valence-corrected chi connectivity index (χ2v) is 4.79. The van der Waals surface area contributed by atoms with Crippen LogP contribution in [0.2, 0.25) is 5.02 Å². The summed E-state index contributed by atoms with van der Waals surface area (Å²) in [5, 5.41) is 23.4. The Bertz CT molecular complexity index is 646. The molecule has 2 rings (SSSR count). The fourth-order valence-corrected chi connectivity index (χ4v) is 2.12. The Morgan fingerprint density at radius 2 is 2.05 bits per heavy atom. The maximum Gasteiger partial charge on any atom is 0.288 e. The summed E-state index contributed by atoms with van der Waals surface area (Å²) in [6, 6.07) is 11.3. The van der Waals surface area contributed by atoms with Crippen molar-refractivity contribution in [3.63, 3.8) is 0 Å². The third-order valence-corrected chi connectivity index (χ3v) is 3.20. The van der Waals surface area contributed by atoms with Gasteiger partial charge in [0, 0.05) is 17.8 Å². The van der Waals surface area contributed by atoms with Gasteiger partial charge in [-0.3, -0.25) is 10.1 Å². The average molecular weight is 293 g/mol. The molecule has 2 N–H and O–H groups in total. The zero-order valence-electron chi connectivity index (χ0n) is 10.7. The van der Waals surface area contributed by atoms with E-state index in [-0.39, 0.29) is 22.5 Å². The van der Waals surface area contributed by atoms with E-state index in [0.29, 0.717) is 5.69 Å². The van der Waals surface area contributed by atoms with E-state index in [4.69, 9.17) is 11.6 Å². The van der Waals surface area contributed by atoms with E-state index in [1.165, 1.54) is 12.1 Å². The molecule has 2 aromatic carbocycles. The Balaban J connectivity index is 2.18. The van der Waals surface area contributed by atoms with Crippen LogP contribution in [-0.4, -0.2) is 10.0 Å². The SMILES string of the molecule is CC(Nc1ccc([N+](=O)[O-])c(Cl)c1)c1cccc(O)c1. The molecular formula is C14H13ClN2O3. The van der Waals surface area contributed by atoms with Crippen molar-refractivity contribution in [1.82, 2.24) is 0 Å². The van der Waals surface area contributed by atoms with Gasteiger partial charge in [0.25, 0.3) is 5.69 Å². The highest BCUT2D eigenvalue weighted by Crippen LogP contribution is 2.29. The van der Waals surface area contributed by atoms with Crippen molar-refractivity contribution in [2.45, 2.75) is 13.0 Å². The van der Waals surface area contributed by atoms with Crippen LogP contribution < -0.4 is 5.32 Å². The molecule has 0 aromatic heterocycles. The minimum Gasteiger partial charge on any atom is -0.508 e. The number of benzene rings is 2. The molecular weight excluding hydrogens is 280 g/mol. The van der Waals surface area contributed by atoms with Gasteiger partial charge in [0.1, 0.15) is 10.8 Å².